The minimum atomic E-state index is -0.968. The summed E-state index contributed by atoms with van der Waals surface area (Å²) in [5.74, 6) is -2.28. The number of rotatable bonds is 6. The third-order valence-electron chi connectivity index (χ3n) is 2.67. The van der Waals surface area contributed by atoms with Crippen molar-refractivity contribution in [3.63, 3.8) is 0 Å². The molecule has 0 aliphatic heterocycles. The average Bonchev–Trinajstić information content (AvgIpc) is 2.37. The second-order valence-electron chi connectivity index (χ2n) is 4.28. The van der Waals surface area contributed by atoms with E-state index in [1.165, 1.54) is 12.1 Å². The predicted molar refractivity (Wildman–Crippen MR) is 74.5 cm³/mol. The molecule has 2 amide bonds. The molecule has 0 bridgehead atoms. The van der Waals surface area contributed by atoms with Crippen LogP contribution in [0.3, 0.4) is 0 Å². The average molecular weight is 303 g/mol. The molecule has 1 aromatic carbocycles. The first kappa shape index (κ1) is 16.2. The van der Waals surface area contributed by atoms with Crippen LogP contribution in [0.1, 0.15) is 19.8 Å². The zero-order valence-corrected chi connectivity index (χ0v) is 11.7. The van der Waals surface area contributed by atoms with Crippen LogP contribution in [0.2, 0.25) is 5.02 Å². The molecule has 1 atom stereocenters. The summed E-state index contributed by atoms with van der Waals surface area (Å²) in [4.78, 5) is 22.5. The minimum Gasteiger partial charge on any atom is -0.481 e. The van der Waals surface area contributed by atoms with Gasteiger partial charge in [0, 0.05) is 11.6 Å². The Balaban J connectivity index is 2.53. The summed E-state index contributed by atoms with van der Waals surface area (Å²) in [6.45, 7) is 1.85. The van der Waals surface area contributed by atoms with E-state index in [2.05, 4.69) is 10.6 Å². The Hall–Kier alpha value is -1.82. The van der Waals surface area contributed by atoms with Crippen molar-refractivity contribution < 1.29 is 19.1 Å². The first-order valence-corrected chi connectivity index (χ1v) is 6.54. The number of benzene rings is 1. The van der Waals surface area contributed by atoms with Crippen LogP contribution in [0.25, 0.3) is 0 Å². The van der Waals surface area contributed by atoms with Crippen molar-refractivity contribution in [2.75, 3.05) is 11.9 Å². The van der Waals surface area contributed by atoms with Gasteiger partial charge in [-0.3, -0.25) is 4.79 Å². The van der Waals surface area contributed by atoms with Crippen LogP contribution < -0.4 is 10.6 Å². The van der Waals surface area contributed by atoms with Gasteiger partial charge in [0.15, 0.2) is 0 Å². The van der Waals surface area contributed by atoms with Gasteiger partial charge in [0.2, 0.25) is 0 Å². The second kappa shape index (κ2) is 7.69. The molecule has 7 heteroatoms. The quantitative estimate of drug-likeness (QED) is 0.755. The van der Waals surface area contributed by atoms with Crippen LogP contribution in [0, 0.1) is 11.7 Å². The third-order valence-corrected chi connectivity index (χ3v) is 2.91. The maximum Gasteiger partial charge on any atom is 0.319 e. The Bertz CT molecular complexity index is 497. The van der Waals surface area contributed by atoms with E-state index in [0.29, 0.717) is 12.8 Å². The zero-order chi connectivity index (χ0) is 15.1. The molecule has 0 saturated carbocycles. The number of carboxylic acids is 1. The number of hydrogen-bond acceptors (Lipinski definition) is 2. The van der Waals surface area contributed by atoms with Gasteiger partial charge >= 0.3 is 12.0 Å². The number of hydrogen-bond donors (Lipinski definition) is 3. The van der Waals surface area contributed by atoms with Gasteiger partial charge in [0.05, 0.1) is 11.6 Å². The Morgan fingerprint density at radius 2 is 2.15 bits per heavy atom. The number of carbonyl (C=O) groups is 2. The van der Waals surface area contributed by atoms with Crippen LogP contribution >= 0.6 is 11.6 Å². The number of urea groups is 1. The lowest BCUT2D eigenvalue weighted by molar-refractivity contribution is -0.141. The lowest BCUT2D eigenvalue weighted by Crippen LogP contribution is -2.35. The van der Waals surface area contributed by atoms with Gasteiger partial charge in [-0.25, -0.2) is 9.18 Å². The van der Waals surface area contributed by atoms with E-state index in [0.717, 1.165) is 6.07 Å². The largest absolute Gasteiger partial charge is 0.481 e. The number of carboxylic acid groups (broad SMARTS) is 1. The summed E-state index contributed by atoms with van der Waals surface area (Å²) in [7, 11) is 0. The topological polar surface area (TPSA) is 78.4 Å². The Kier molecular flexibility index (Phi) is 6.24. The lowest BCUT2D eigenvalue weighted by atomic mass is 10.0. The predicted octanol–water partition coefficient (Wildman–Crippen LogP) is 3.10. The molecule has 1 aromatic rings. The molecule has 3 N–H and O–H groups in total. The van der Waals surface area contributed by atoms with E-state index in [1.54, 1.807) is 0 Å². The van der Waals surface area contributed by atoms with Crippen molar-refractivity contribution in [2.45, 2.75) is 19.8 Å². The Labute approximate surface area is 121 Å². The smallest absolute Gasteiger partial charge is 0.319 e. The van der Waals surface area contributed by atoms with Gasteiger partial charge in [-0.15, -0.1) is 0 Å². The number of amides is 2. The van der Waals surface area contributed by atoms with E-state index in [-0.39, 0.29) is 17.3 Å². The van der Waals surface area contributed by atoms with Crippen LogP contribution in [-0.2, 0) is 4.79 Å². The summed E-state index contributed by atoms with van der Waals surface area (Å²) >= 11 is 5.59. The molecule has 0 spiro atoms. The zero-order valence-electron chi connectivity index (χ0n) is 11.0. The van der Waals surface area contributed by atoms with E-state index >= 15 is 0 Å². The van der Waals surface area contributed by atoms with E-state index in [9.17, 15) is 14.0 Å². The van der Waals surface area contributed by atoms with Crippen molar-refractivity contribution in [1.82, 2.24) is 5.32 Å². The molecule has 20 heavy (non-hydrogen) atoms. The van der Waals surface area contributed by atoms with Gasteiger partial charge in [-0.1, -0.05) is 24.9 Å². The number of halogens is 2. The molecule has 110 valence electrons. The molecule has 1 rings (SSSR count). The van der Waals surface area contributed by atoms with Crippen LogP contribution in [-0.4, -0.2) is 23.7 Å². The highest BCUT2D eigenvalue weighted by Gasteiger charge is 2.17. The molecule has 0 fully saturated rings. The standard InChI is InChI=1S/C13H16ClFN2O3/c1-2-3-8(12(18)19)7-16-13(20)17-11-5-4-9(14)6-10(11)15/h4-6,8H,2-3,7H2,1H3,(H,18,19)(H2,16,17,20). The van der Waals surface area contributed by atoms with Crippen molar-refractivity contribution in [1.29, 1.82) is 0 Å². The molecule has 0 heterocycles. The first-order valence-electron chi connectivity index (χ1n) is 6.16. The molecule has 0 aliphatic carbocycles. The number of aliphatic carboxylic acids is 1. The summed E-state index contributed by atoms with van der Waals surface area (Å²) in [5.41, 5.74) is -0.0192. The Morgan fingerprint density at radius 1 is 1.45 bits per heavy atom. The fraction of sp³-hybridized carbons (Fsp3) is 0.385. The normalized spacial score (nSPS) is 11.8. The second-order valence-corrected chi connectivity index (χ2v) is 4.72. The van der Waals surface area contributed by atoms with Gasteiger partial charge in [-0.2, -0.15) is 0 Å². The molecule has 5 nitrogen and oxygen atoms in total. The maximum absolute atomic E-state index is 13.4. The van der Waals surface area contributed by atoms with Gasteiger partial charge < -0.3 is 15.7 Å². The summed E-state index contributed by atoms with van der Waals surface area (Å²) in [6.07, 6.45) is 1.16. The van der Waals surface area contributed by atoms with Crippen LogP contribution in [0.4, 0.5) is 14.9 Å². The van der Waals surface area contributed by atoms with E-state index in [1.807, 2.05) is 6.92 Å². The molecule has 0 aliphatic rings. The van der Waals surface area contributed by atoms with Crippen LogP contribution in [0.15, 0.2) is 18.2 Å². The van der Waals surface area contributed by atoms with Gasteiger partial charge in [0.25, 0.3) is 0 Å². The van der Waals surface area contributed by atoms with E-state index < -0.39 is 23.7 Å². The monoisotopic (exact) mass is 302 g/mol. The van der Waals surface area contributed by atoms with Crippen LogP contribution in [0.5, 0.6) is 0 Å². The van der Waals surface area contributed by atoms with Crippen molar-refractivity contribution in [3.8, 4) is 0 Å². The molecule has 0 saturated heterocycles. The minimum absolute atomic E-state index is 0.00971. The first-order chi connectivity index (χ1) is 9.43. The summed E-state index contributed by atoms with van der Waals surface area (Å²) in [5, 5.41) is 13.9. The molecular formula is C13H16ClFN2O3. The number of anilines is 1. The molecule has 0 aromatic heterocycles. The molecular weight excluding hydrogens is 287 g/mol. The molecule has 1 unspecified atom stereocenters. The van der Waals surface area contributed by atoms with Crippen molar-refractivity contribution in [2.24, 2.45) is 5.92 Å². The molecule has 0 radical (unpaired) electrons. The SMILES string of the molecule is CCCC(CNC(=O)Nc1ccc(Cl)cc1F)C(=O)O. The fourth-order valence-corrected chi connectivity index (χ4v) is 1.79. The number of carbonyl (C=O) groups excluding carboxylic acids is 1. The highest BCUT2D eigenvalue weighted by molar-refractivity contribution is 6.30. The van der Waals surface area contributed by atoms with Crippen molar-refractivity contribution >= 4 is 29.3 Å². The highest BCUT2D eigenvalue weighted by atomic mass is 35.5. The third kappa shape index (κ3) is 5.05. The van der Waals surface area contributed by atoms with E-state index in [4.69, 9.17) is 16.7 Å². The van der Waals surface area contributed by atoms with Gasteiger partial charge in [0.1, 0.15) is 5.82 Å². The summed E-state index contributed by atoms with van der Waals surface area (Å²) in [6, 6.07) is 3.19. The fourth-order valence-electron chi connectivity index (χ4n) is 1.63. The highest BCUT2D eigenvalue weighted by Crippen LogP contribution is 2.18. The van der Waals surface area contributed by atoms with Crippen molar-refractivity contribution in [3.05, 3.63) is 29.0 Å². The Morgan fingerprint density at radius 3 is 2.70 bits per heavy atom. The summed E-state index contributed by atoms with van der Waals surface area (Å²) < 4.78 is 13.4. The number of nitrogens with one attached hydrogen (secondary N) is 2. The maximum atomic E-state index is 13.4. The van der Waals surface area contributed by atoms with Gasteiger partial charge in [-0.05, 0) is 24.6 Å². The lowest BCUT2D eigenvalue weighted by Gasteiger charge is -2.13.